The van der Waals surface area contributed by atoms with E-state index in [-0.39, 0.29) is 4.91 Å². The van der Waals surface area contributed by atoms with Crippen molar-refractivity contribution < 1.29 is 37.0 Å². The fourth-order valence-corrected chi connectivity index (χ4v) is 3.52. The number of hydrogen-bond acceptors (Lipinski definition) is 6. The second-order valence-electron chi connectivity index (χ2n) is 6.15. The summed E-state index contributed by atoms with van der Waals surface area (Å²) in [6, 6.07) is 6.34. The number of imide groups is 1. The van der Waals surface area contributed by atoms with Crippen molar-refractivity contribution in [1.29, 1.82) is 0 Å². The van der Waals surface area contributed by atoms with Crippen LogP contribution in [0.1, 0.15) is 5.56 Å². The summed E-state index contributed by atoms with van der Waals surface area (Å²) < 4.78 is 50.3. The Hall–Kier alpha value is -3.47. The van der Waals surface area contributed by atoms with Gasteiger partial charge in [0.15, 0.2) is 29.0 Å². The lowest BCUT2D eigenvalue weighted by Crippen LogP contribution is -2.36. The van der Waals surface area contributed by atoms with E-state index in [0.717, 1.165) is 6.07 Å². The molecule has 0 radical (unpaired) electrons. The van der Waals surface area contributed by atoms with E-state index in [0.29, 0.717) is 39.8 Å². The zero-order valence-corrected chi connectivity index (χ0v) is 17.0. The summed E-state index contributed by atoms with van der Waals surface area (Å²) in [5.41, 5.74) is -0.0619. The predicted molar refractivity (Wildman–Crippen MR) is 107 cm³/mol. The number of halogens is 3. The Balaban J connectivity index is 1.74. The lowest BCUT2D eigenvalue weighted by Gasteiger charge is -2.13. The SMILES string of the molecule is COc1ccc(/C=C2/SC(=O)N(CC(=O)Nc3ccc(F)c(F)c3F)C2=O)cc1OC. The van der Waals surface area contributed by atoms with Gasteiger partial charge in [0.25, 0.3) is 11.1 Å². The fraction of sp³-hybridized carbons (Fsp3) is 0.150. The van der Waals surface area contributed by atoms with Gasteiger partial charge < -0.3 is 14.8 Å². The number of hydrogen-bond donors (Lipinski definition) is 1. The summed E-state index contributed by atoms with van der Waals surface area (Å²) in [6.07, 6.45) is 1.44. The van der Waals surface area contributed by atoms with Crippen LogP contribution in [0.3, 0.4) is 0 Å². The standard InChI is InChI=1S/C20H15F3N2O5S/c1-29-13-6-3-10(7-14(13)30-2)8-15-19(27)25(20(28)31-15)9-16(26)24-12-5-4-11(21)17(22)18(12)23/h3-8H,9H2,1-2H3,(H,24,26)/b15-8+. The van der Waals surface area contributed by atoms with Gasteiger partial charge in [0, 0.05) is 0 Å². The number of amides is 3. The van der Waals surface area contributed by atoms with E-state index in [1.54, 1.807) is 18.2 Å². The van der Waals surface area contributed by atoms with E-state index in [4.69, 9.17) is 9.47 Å². The van der Waals surface area contributed by atoms with Crippen molar-refractivity contribution in [2.24, 2.45) is 0 Å². The Morgan fingerprint density at radius 3 is 2.45 bits per heavy atom. The van der Waals surface area contributed by atoms with Crippen LogP contribution in [0.25, 0.3) is 6.08 Å². The fourth-order valence-electron chi connectivity index (χ4n) is 2.69. The number of thioether (sulfide) groups is 1. The van der Waals surface area contributed by atoms with E-state index in [9.17, 15) is 27.6 Å². The van der Waals surface area contributed by atoms with Gasteiger partial charge in [-0.25, -0.2) is 13.2 Å². The molecular weight excluding hydrogens is 437 g/mol. The quantitative estimate of drug-likeness (QED) is 0.530. The summed E-state index contributed by atoms with van der Waals surface area (Å²) in [4.78, 5) is 37.6. The summed E-state index contributed by atoms with van der Waals surface area (Å²) in [6.45, 7) is -0.730. The molecule has 0 aromatic heterocycles. The number of methoxy groups -OCH3 is 2. The van der Waals surface area contributed by atoms with Crippen molar-refractivity contribution in [3.63, 3.8) is 0 Å². The Kier molecular flexibility index (Phi) is 6.54. The number of benzene rings is 2. The van der Waals surface area contributed by atoms with Gasteiger partial charge >= 0.3 is 0 Å². The van der Waals surface area contributed by atoms with Crippen LogP contribution in [0.5, 0.6) is 11.5 Å². The first-order valence-electron chi connectivity index (χ1n) is 8.66. The molecule has 0 spiro atoms. The molecule has 3 amide bonds. The van der Waals surface area contributed by atoms with Crippen LogP contribution in [0.2, 0.25) is 0 Å². The van der Waals surface area contributed by atoms with Crippen molar-refractivity contribution >= 4 is 40.6 Å². The topological polar surface area (TPSA) is 84.9 Å². The molecule has 1 fully saturated rings. The molecule has 0 unspecified atom stereocenters. The lowest BCUT2D eigenvalue weighted by molar-refractivity contribution is -0.127. The second kappa shape index (κ2) is 9.13. The highest BCUT2D eigenvalue weighted by Crippen LogP contribution is 2.34. The largest absolute Gasteiger partial charge is 0.493 e. The molecule has 2 aromatic rings. The van der Waals surface area contributed by atoms with E-state index in [2.05, 4.69) is 0 Å². The highest BCUT2D eigenvalue weighted by atomic mass is 32.2. The van der Waals surface area contributed by atoms with Gasteiger partial charge in [0.05, 0.1) is 24.8 Å². The molecule has 31 heavy (non-hydrogen) atoms. The second-order valence-corrected chi connectivity index (χ2v) is 7.15. The molecule has 162 valence electrons. The number of ether oxygens (including phenoxy) is 2. The molecule has 2 aromatic carbocycles. The molecule has 0 bridgehead atoms. The van der Waals surface area contributed by atoms with Crippen molar-refractivity contribution in [2.75, 3.05) is 26.1 Å². The van der Waals surface area contributed by atoms with Crippen LogP contribution in [0.4, 0.5) is 23.7 Å². The first-order chi connectivity index (χ1) is 14.7. The maximum atomic E-state index is 13.7. The number of nitrogens with one attached hydrogen (secondary N) is 1. The molecule has 0 atom stereocenters. The first-order valence-corrected chi connectivity index (χ1v) is 9.47. The zero-order chi connectivity index (χ0) is 22.7. The highest BCUT2D eigenvalue weighted by Gasteiger charge is 2.36. The van der Waals surface area contributed by atoms with Crippen molar-refractivity contribution in [2.45, 2.75) is 0 Å². The van der Waals surface area contributed by atoms with Gasteiger partial charge in [-0.3, -0.25) is 19.3 Å². The summed E-state index contributed by atoms with van der Waals surface area (Å²) >= 11 is 0.619. The molecule has 1 N–H and O–H groups in total. The molecule has 1 heterocycles. The molecule has 1 aliphatic rings. The lowest BCUT2D eigenvalue weighted by atomic mass is 10.2. The van der Waals surface area contributed by atoms with Gasteiger partial charge in [-0.1, -0.05) is 6.07 Å². The first kappa shape index (κ1) is 22.2. The van der Waals surface area contributed by atoms with Gasteiger partial charge in [0.1, 0.15) is 6.54 Å². The van der Waals surface area contributed by atoms with Crippen LogP contribution < -0.4 is 14.8 Å². The average molecular weight is 452 g/mol. The third-order valence-corrected chi connectivity index (χ3v) is 5.10. The predicted octanol–water partition coefficient (Wildman–Crippen LogP) is 3.80. The number of carbonyl (C=O) groups excluding carboxylic acids is 3. The molecule has 11 heteroatoms. The Morgan fingerprint density at radius 2 is 1.77 bits per heavy atom. The summed E-state index contributed by atoms with van der Waals surface area (Å²) in [5.74, 6) is -5.54. The van der Waals surface area contributed by atoms with Crippen LogP contribution in [-0.4, -0.2) is 42.7 Å². The van der Waals surface area contributed by atoms with E-state index < -0.39 is 46.7 Å². The minimum absolute atomic E-state index is 0.0593. The number of rotatable bonds is 6. The van der Waals surface area contributed by atoms with Crippen LogP contribution in [-0.2, 0) is 9.59 Å². The number of anilines is 1. The summed E-state index contributed by atoms with van der Waals surface area (Å²) in [5, 5.41) is 1.30. The van der Waals surface area contributed by atoms with Crippen molar-refractivity contribution in [3.8, 4) is 11.5 Å². The van der Waals surface area contributed by atoms with Crippen LogP contribution in [0, 0.1) is 17.5 Å². The normalized spacial score (nSPS) is 14.9. The van der Waals surface area contributed by atoms with Crippen molar-refractivity contribution in [1.82, 2.24) is 4.90 Å². The number of nitrogens with zero attached hydrogens (tertiary/aromatic N) is 1. The third-order valence-electron chi connectivity index (χ3n) is 4.19. The third kappa shape index (κ3) is 4.66. The van der Waals surface area contributed by atoms with Gasteiger partial charge in [-0.15, -0.1) is 0 Å². The summed E-state index contributed by atoms with van der Waals surface area (Å²) in [7, 11) is 2.92. The smallest absolute Gasteiger partial charge is 0.294 e. The molecule has 3 rings (SSSR count). The van der Waals surface area contributed by atoms with Crippen LogP contribution >= 0.6 is 11.8 Å². The molecule has 1 saturated heterocycles. The molecular formula is C20H15F3N2O5S. The minimum Gasteiger partial charge on any atom is -0.493 e. The van der Waals surface area contributed by atoms with Crippen LogP contribution in [0.15, 0.2) is 35.2 Å². The minimum atomic E-state index is -1.75. The monoisotopic (exact) mass is 452 g/mol. The number of carbonyl (C=O) groups is 3. The van der Waals surface area contributed by atoms with Gasteiger partial charge in [-0.2, -0.15) is 0 Å². The van der Waals surface area contributed by atoms with Gasteiger partial charge in [-0.05, 0) is 47.7 Å². The maximum absolute atomic E-state index is 13.7. The van der Waals surface area contributed by atoms with E-state index in [1.807, 2.05) is 5.32 Å². The Bertz CT molecular complexity index is 1110. The average Bonchev–Trinajstić information content (AvgIpc) is 3.01. The maximum Gasteiger partial charge on any atom is 0.294 e. The Labute approximate surface area is 178 Å². The van der Waals surface area contributed by atoms with E-state index >= 15 is 0 Å². The molecule has 1 aliphatic heterocycles. The highest BCUT2D eigenvalue weighted by molar-refractivity contribution is 8.18. The molecule has 0 aliphatic carbocycles. The molecule has 0 saturated carbocycles. The van der Waals surface area contributed by atoms with Gasteiger partial charge in [0.2, 0.25) is 5.91 Å². The van der Waals surface area contributed by atoms with Crippen molar-refractivity contribution in [3.05, 3.63) is 58.3 Å². The van der Waals surface area contributed by atoms with E-state index in [1.165, 1.54) is 20.3 Å². The zero-order valence-electron chi connectivity index (χ0n) is 16.2. The Morgan fingerprint density at radius 1 is 1.06 bits per heavy atom. The molecule has 7 nitrogen and oxygen atoms in total.